The highest BCUT2D eigenvalue weighted by molar-refractivity contribution is 7.93. The van der Waals surface area contributed by atoms with E-state index in [1.807, 2.05) is 0 Å². The molecule has 0 saturated carbocycles. The summed E-state index contributed by atoms with van der Waals surface area (Å²) in [6.45, 7) is 0. The van der Waals surface area contributed by atoms with Crippen molar-refractivity contribution in [1.82, 2.24) is 0 Å². The maximum atomic E-state index is 13.6. The van der Waals surface area contributed by atoms with E-state index in [4.69, 9.17) is 10.3 Å². The Morgan fingerprint density at radius 3 is 1.83 bits per heavy atom. The van der Waals surface area contributed by atoms with Crippen LogP contribution in [0.25, 0.3) is 10.8 Å². The predicted octanol–water partition coefficient (Wildman–Crippen LogP) is 4.22. The van der Waals surface area contributed by atoms with Crippen LogP contribution in [0.15, 0.2) is 104 Å². The normalized spacial score (nSPS) is 13.6. The number of anilines is 3. The van der Waals surface area contributed by atoms with Crippen molar-refractivity contribution in [2.24, 2.45) is 10.2 Å². The van der Waals surface area contributed by atoms with Crippen molar-refractivity contribution in [3.8, 4) is 5.75 Å². The first-order valence-electron chi connectivity index (χ1n) is 14.9. The number of aromatic hydroxyl groups is 1. The molecule has 6 rings (SSSR count). The minimum absolute atomic E-state index is 0.00312. The molecule has 1 aliphatic rings. The second-order valence-corrected chi connectivity index (χ2v) is 18.1. The summed E-state index contributed by atoms with van der Waals surface area (Å²) in [6, 6.07) is 15.7. The minimum Gasteiger partial charge on any atom is -0.505 e. The van der Waals surface area contributed by atoms with Crippen molar-refractivity contribution < 1.29 is 62.0 Å². The number of carbonyl (C=O) groups is 2. The van der Waals surface area contributed by atoms with E-state index in [0.29, 0.717) is 0 Å². The molecular formula is C32H24N4O14S4. The molecule has 0 bridgehead atoms. The maximum absolute atomic E-state index is 13.6. The van der Waals surface area contributed by atoms with Crippen LogP contribution in [0, 0.1) is 0 Å². The smallest absolute Gasteiger partial charge is 0.296 e. The summed E-state index contributed by atoms with van der Waals surface area (Å²) >= 11 is 0. The molecule has 7 N–H and O–H groups in total. The molecular weight excluding hydrogens is 793 g/mol. The van der Waals surface area contributed by atoms with E-state index in [0.717, 1.165) is 36.4 Å². The molecule has 0 radical (unpaired) electrons. The van der Waals surface area contributed by atoms with Crippen LogP contribution in [0.4, 0.5) is 28.4 Å². The summed E-state index contributed by atoms with van der Waals surface area (Å²) in [4.78, 5) is 25.0. The lowest BCUT2D eigenvalue weighted by molar-refractivity contribution is 0.0980. The van der Waals surface area contributed by atoms with Crippen LogP contribution in [-0.2, 0) is 40.2 Å². The van der Waals surface area contributed by atoms with Crippen LogP contribution in [0.5, 0.6) is 5.75 Å². The number of sulfone groups is 1. The standard InChI is InChI=1S/C32H24N4O14S4/c33-28-24(53(45,46)47)15-23(26-27(28)31(38)22-4-2-1-3-21(22)30(26)37)34-18-7-10-20-16(13-18)14-25(54(48,49)50)29(32(20)39)36-35-17-5-8-19(9-6-17)51(40,41)11-12-52(42,43)44/h1-10,13-15,34,39H,11-12,33H2,(H,42,43,44)(H,45,46,47)(H,48,49,50). The molecule has 0 atom stereocenters. The highest BCUT2D eigenvalue weighted by atomic mass is 32.2. The van der Waals surface area contributed by atoms with Gasteiger partial charge in [-0.05, 0) is 60.0 Å². The zero-order valence-electron chi connectivity index (χ0n) is 26.9. The number of nitrogens with two attached hydrogens (primary N) is 1. The van der Waals surface area contributed by atoms with Crippen molar-refractivity contribution >= 4 is 91.0 Å². The van der Waals surface area contributed by atoms with Gasteiger partial charge >= 0.3 is 0 Å². The van der Waals surface area contributed by atoms with Crippen LogP contribution in [-0.4, -0.2) is 75.5 Å². The fraction of sp³-hybridized carbons (Fsp3) is 0.0625. The summed E-state index contributed by atoms with van der Waals surface area (Å²) < 4.78 is 125. The topological polar surface area (TPSA) is 314 Å². The van der Waals surface area contributed by atoms with Crippen LogP contribution in [0.2, 0.25) is 0 Å². The van der Waals surface area contributed by atoms with Gasteiger partial charge in [0.2, 0.25) is 0 Å². The molecule has 0 aromatic heterocycles. The predicted molar refractivity (Wildman–Crippen MR) is 192 cm³/mol. The van der Waals surface area contributed by atoms with Crippen LogP contribution < -0.4 is 11.1 Å². The zero-order valence-corrected chi connectivity index (χ0v) is 30.2. The number of hydrogen-bond acceptors (Lipinski definition) is 15. The lowest BCUT2D eigenvalue weighted by Crippen LogP contribution is -2.25. The number of fused-ring (bicyclic) bond motifs is 3. The van der Waals surface area contributed by atoms with E-state index < -0.39 is 95.7 Å². The number of rotatable bonds is 10. The Hall–Kier alpha value is -5.62. The van der Waals surface area contributed by atoms with E-state index in [1.165, 1.54) is 42.5 Å². The number of phenolic OH excluding ortho intramolecular Hbond substituents is 1. The third-order valence-corrected chi connectivity index (χ3v) is 12.6. The van der Waals surface area contributed by atoms with Gasteiger partial charge in [0.15, 0.2) is 27.2 Å². The van der Waals surface area contributed by atoms with Crippen molar-refractivity contribution in [1.29, 1.82) is 0 Å². The van der Waals surface area contributed by atoms with Gasteiger partial charge in [-0.1, -0.05) is 24.3 Å². The Morgan fingerprint density at radius 2 is 1.26 bits per heavy atom. The number of nitrogens with one attached hydrogen (secondary N) is 1. The number of azo groups is 1. The molecule has 0 saturated heterocycles. The molecule has 0 unspecified atom stereocenters. The molecule has 1 aliphatic carbocycles. The first-order chi connectivity index (χ1) is 25.1. The van der Waals surface area contributed by atoms with Crippen molar-refractivity contribution in [3.63, 3.8) is 0 Å². The van der Waals surface area contributed by atoms with Crippen molar-refractivity contribution in [3.05, 3.63) is 101 Å². The fourth-order valence-electron chi connectivity index (χ4n) is 5.64. The Balaban J connectivity index is 1.40. The number of carbonyl (C=O) groups excluding carboxylic acids is 2. The van der Waals surface area contributed by atoms with Crippen LogP contribution in [0.3, 0.4) is 0 Å². The van der Waals surface area contributed by atoms with Gasteiger partial charge in [0.25, 0.3) is 30.4 Å². The van der Waals surface area contributed by atoms with Gasteiger partial charge < -0.3 is 16.2 Å². The lowest BCUT2D eigenvalue weighted by atomic mass is 9.82. The number of nitrogen functional groups attached to an aromatic ring is 1. The van der Waals surface area contributed by atoms with Gasteiger partial charge in [0, 0.05) is 22.2 Å². The Bertz CT molecular complexity index is 2950. The second kappa shape index (κ2) is 13.3. The second-order valence-electron chi connectivity index (χ2n) is 11.7. The fourth-order valence-corrected chi connectivity index (χ4v) is 9.46. The number of nitrogens with zero attached hydrogens (tertiary/aromatic N) is 2. The summed E-state index contributed by atoms with van der Waals surface area (Å²) in [6.07, 6.45) is 0. The summed E-state index contributed by atoms with van der Waals surface area (Å²) in [5.74, 6) is -4.22. The van der Waals surface area contributed by atoms with Gasteiger partial charge in [-0.3, -0.25) is 23.2 Å². The van der Waals surface area contributed by atoms with E-state index in [9.17, 15) is 57.5 Å². The van der Waals surface area contributed by atoms with E-state index in [-0.39, 0.29) is 49.4 Å². The molecule has 280 valence electrons. The van der Waals surface area contributed by atoms with Gasteiger partial charge in [-0.15, -0.1) is 5.11 Å². The molecule has 0 fully saturated rings. The average molecular weight is 817 g/mol. The maximum Gasteiger partial charge on any atom is 0.296 e. The van der Waals surface area contributed by atoms with Gasteiger partial charge in [-0.25, -0.2) is 8.42 Å². The first-order valence-corrected chi connectivity index (χ1v) is 21.1. The molecule has 0 spiro atoms. The van der Waals surface area contributed by atoms with Crippen molar-refractivity contribution in [2.45, 2.75) is 14.7 Å². The summed E-state index contributed by atoms with van der Waals surface area (Å²) in [7, 11) is -18.9. The molecule has 54 heavy (non-hydrogen) atoms. The van der Waals surface area contributed by atoms with Crippen LogP contribution >= 0.6 is 0 Å². The molecule has 5 aromatic rings. The van der Waals surface area contributed by atoms with Crippen molar-refractivity contribution in [2.75, 3.05) is 22.6 Å². The number of hydrogen-bond donors (Lipinski definition) is 6. The van der Waals surface area contributed by atoms with E-state index in [2.05, 4.69) is 15.5 Å². The van der Waals surface area contributed by atoms with Crippen LogP contribution in [0.1, 0.15) is 31.8 Å². The Kier molecular flexibility index (Phi) is 9.42. The Labute approximate surface area is 306 Å². The van der Waals surface area contributed by atoms with E-state index in [1.54, 1.807) is 0 Å². The van der Waals surface area contributed by atoms with Gasteiger partial charge in [-0.2, -0.15) is 30.4 Å². The SMILES string of the molecule is Nc1c(S(=O)(=O)O)cc(Nc2ccc3c(O)c(N=Nc4ccc(S(=O)(=O)CCS(=O)(=O)O)cc4)c(S(=O)(=O)O)cc3c2)c2c1C(=O)c1ccccc1C2=O. The third kappa shape index (κ3) is 7.30. The summed E-state index contributed by atoms with van der Waals surface area (Å²) in [5, 5.41) is 21.4. The molecule has 0 amide bonds. The number of ketones is 2. The molecule has 0 aliphatic heterocycles. The van der Waals surface area contributed by atoms with Gasteiger partial charge in [0.1, 0.15) is 15.5 Å². The number of phenols is 1. The third-order valence-electron chi connectivity index (χ3n) is 8.16. The minimum atomic E-state index is -5.12. The molecule has 0 heterocycles. The average Bonchev–Trinajstić information content (AvgIpc) is 3.08. The summed E-state index contributed by atoms with van der Waals surface area (Å²) in [5.41, 5.74) is 3.49. The highest BCUT2D eigenvalue weighted by Gasteiger charge is 2.36. The number of benzene rings is 5. The van der Waals surface area contributed by atoms with Gasteiger partial charge in [0.05, 0.1) is 44.6 Å². The molecule has 18 nitrogen and oxygen atoms in total. The zero-order chi connectivity index (χ0) is 39.5. The molecule has 5 aromatic carbocycles. The van der Waals surface area contributed by atoms with E-state index >= 15 is 0 Å². The highest BCUT2D eigenvalue weighted by Crippen LogP contribution is 2.44. The largest absolute Gasteiger partial charge is 0.505 e. The first kappa shape index (κ1) is 38.1. The lowest BCUT2D eigenvalue weighted by Gasteiger charge is -2.23. The Morgan fingerprint density at radius 1 is 0.667 bits per heavy atom. The molecule has 22 heteroatoms. The monoisotopic (exact) mass is 816 g/mol. The quantitative estimate of drug-likeness (QED) is 0.0640.